The van der Waals surface area contributed by atoms with E-state index in [1.807, 2.05) is 12.4 Å². The largest absolute Gasteiger partial charge is 0.478 e. The van der Waals surface area contributed by atoms with Gasteiger partial charge in [0.05, 0.1) is 5.69 Å². The molecule has 2 aromatic heterocycles. The van der Waals surface area contributed by atoms with Crippen LogP contribution in [0.15, 0.2) is 42.7 Å². The molecule has 0 atom stereocenters. The maximum absolute atomic E-state index is 11.3. The molecule has 0 bridgehead atoms. The van der Waals surface area contributed by atoms with Crippen LogP contribution in [-0.2, 0) is 12.8 Å². The highest BCUT2D eigenvalue weighted by Crippen LogP contribution is 2.27. The average Bonchev–Trinajstić information content (AvgIpc) is 2.98. The standard InChI is InChI=1S/C18H16N2O2/c21-18(22)15-6-3-9-20-11-16(19-17(15)20)14-8-7-12-4-1-2-5-13(12)10-14/h3,6-11H,1-2,4-5H2,(H,21,22). The van der Waals surface area contributed by atoms with Crippen molar-refractivity contribution in [2.24, 2.45) is 0 Å². The van der Waals surface area contributed by atoms with E-state index < -0.39 is 5.97 Å². The van der Waals surface area contributed by atoms with E-state index in [4.69, 9.17) is 0 Å². The van der Waals surface area contributed by atoms with E-state index in [1.165, 1.54) is 24.0 Å². The van der Waals surface area contributed by atoms with Crippen LogP contribution in [0.5, 0.6) is 0 Å². The number of imidazole rings is 1. The fraction of sp³-hybridized carbons (Fsp3) is 0.222. The van der Waals surface area contributed by atoms with Crippen LogP contribution in [0.4, 0.5) is 0 Å². The highest BCUT2D eigenvalue weighted by Gasteiger charge is 2.14. The van der Waals surface area contributed by atoms with E-state index in [0.717, 1.165) is 24.1 Å². The normalized spacial score (nSPS) is 14.0. The lowest BCUT2D eigenvalue weighted by molar-refractivity contribution is 0.0698. The van der Waals surface area contributed by atoms with Gasteiger partial charge in [-0.15, -0.1) is 0 Å². The Morgan fingerprint density at radius 3 is 2.77 bits per heavy atom. The minimum absolute atomic E-state index is 0.228. The van der Waals surface area contributed by atoms with Crippen LogP contribution < -0.4 is 0 Å². The summed E-state index contributed by atoms with van der Waals surface area (Å²) in [5.41, 5.74) is 5.43. The van der Waals surface area contributed by atoms with E-state index in [1.54, 1.807) is 16.5 Å². The highest BCUT2D eigenvalue weighted by molar-refractivity contribution is 5.94. The Kier molecular flexibility index (Phi) is 2.96. The summed E-state index contributed by atoms with van der Waals surface area (Å²) in [4.78, 5) is 15.8. The molecule has 0 aliphatic heterocycles. The second kappa shape index (κ2) is 4.98. The summed E-state index contributed by atoms with van der Waals surface area (Å²) in [7, 11) is 0. The average molecular weight is 292 g/mol. The quantitative estimate of drug-likeness (QED) is 0.785. The summed E-state index contributed by atoms with van der Waals surface area (Å²) >= 11 is 0. The lowest BCUT2D eigenvalue weighted by atomic mass is 9.90. The molecule has 4 heteroatoms. The zero-order chi connectivity index (χ0) is 15.1. The first-order valence-corrected chi connectivity index (χ1v) is 7.55. The third kappa shape index (κ3) is 2.08. The van der Waals surface area contributed by atoms with Crippen molar-refractivity contribution in [3.8, 4) is 11.3 Å². The number of pyridine rings is 1. The second-order valence-electron chi connectivity index (χ2n) is 5.77. The number of rotatable bonds is 2. The van der Waals surface area contributed by atoms with Gasteiger partial charge in [0.2, 0.25) is 0 Å². The molecule has 0 saturated carbocycles. The van der Waals surface area contributed by atoms with Crippen LogP contribution in [0.2, 0.25) is 0 Å². The Balaban J connectivity index is 1.84. The lowest BCUT2D eigenvalue weighted by Gasteiger charge is -2.15. The molecule has 1 N–H and O–H groups in total. The van der Waals surface area contributed by atoms with Gasteiger partial charge >= 0.3 is 5.97 Å². The number of aryl methyl sites for hydroxylation is 2. The highest BCUT2D eigenvalue weighted by atomic mass is 16.4. The molecular formula is C18H16N2O2. The number of hydrogen-bond acceptors (Lipinski definition) is 2. The monoisotopic (exact) mass is 292 g/mol. The molecule has 22 heavy (non-hydrogen) atoms. The Bertz CT molecular complexity index is 880. The summed E-state index contributed by atoms with van der Waals surface area (Å²) in [5, 5.41) is 9.27. The number of aromatic nitrogens is 2. The van der Waals surface area contributed by atoms with Crippen molar-refractivity contribution in [2.45, 2.75) is 25.7 Å². The maximum Gasteiger partial charge on any atom is 0.339 e. The van der Waals surface area contributed by atoms with Crippen LogP contribution in [0.1, 0.15) is 34.3 Å². The second-order valence-corrected chi connectivity index (χ2v) is 5.77. The summed E-state index contributed by atoms with van der Waals surface area (Å²) in [6.45, 7) is 0. The molecule has 4 nitrogen and oxygen atoms in total. The van der Waals surface area contributed by atoms with Gasteiger partial charge in [-0.25, -0.2) is 9.78 Å². The van der Waals surface area contributed by atoms with Gasteiger partial charge in [-0.3, -0.25) is 0 Å². The Labute approximate surface area is 128 Å². The predicted molar refractivity (Wildman–Crippen MR) is 84.2 cm³/mol. The maximum atomic E-state index is 11.3. The summed E-state index contributed by atoms with van der Waals surface area (Å²) in [6, 6.07) is 9.80. The number of carboxylic acid groups (broad SMARTS) is 1. The van der Waals surface area contributed by atoms with Crippen molar-refractivity contribution in [2.75, 3.05) is 0 Å². The van der Waals surface area contributed by atoms with E-state index in [2.05, 4.69) is 23.2 Å². The Hall–Kier alpha value is -2.62. The van der Waals surface area contributed by atoms with Crippen LogP contribution in [-0.4, -0.2) is 20.5 Å². The molecule has 4 rings (SSSR count). The van der Waals surface area contributed by atoms with Gasteiger partial charge in [0.1, 0.15) is 5.56 Å². The zero-order valence-electron chi connectivity index (χ0n) is 12.1. The van der Waals surface area contributed by atoms with Crippen LogP contribution in [0.25, 0.3) is 16.9 Å². The molecule has 0 spiro atoms. The van der Waals surface area contributed by atoms with Gasteiger partial charge in [0, 0.05) is 18.0 Å². The Morgan fingerprint density at radius 1 is 1.14 bits per heavy atom. The van der Waals surface area contributed by atoms with E-state index in [9.17, 15) is 9.90 Å². The molecule has 1 aliphatic carbocycles. The molecule has 0 unspecified atom stereocenters. The van der Waals surface area contributed by atoms with Gasteiger partial charge in [-0.1, -0.05) is 12.1 Å². The lowest BCUT2D eigenvalue weighted by Crippen LogP contribution is -2.02. The van der Waals surface area contributed by atoms with Crippen LogP contribution in [0, 0.1) is 0 Å². The number of nitrogens with zero attached hydrogens (tertiary/aromatic N) is 2. The topological polar surface area (TPSA) is 54.6 Å². The third-order valence-electron chi connectivity index (χ3n) is 4.36. The molecule has 0 saturated heterocycles. The van der Waals surface area contributed by atoms with E-state index in [-0.39, 0.29) is 5.56 Å². The first-order valence-electron chi connectivity index (χ1n) is 7.55. The molecule has 2 heterocycles. The number of benzene rings is 1. The van der Waals surface area contributed by atoms with Crippen molar-refractivity contribution < 1.29 is 9.90 Å². The first-order chi connectivity index (χ1) is 10.7. The molecular weight excluding hydrogens is 276 g/mol. The molecule has 0 fully saturated rings. The summed E-state index contributed by atoms with van der Waals surface area (Å²) < 4.78 is 1.78. The van der Waals surface area contributed by atoms with Gasteiger partial charge in [-0.05, 0) is 55.0 Å². The number of aromatic carboxylic acids is 1. The molecule has 3 aromatic rings. The fourth-order valence-electron chi connectivity index (χ4n) is 3.21. The number of hydrogen-bond donors (Lipinski definition) is 1. The summed E-state index contributed by atoms with van der Waals surface area (Å²) in [6.07, 6.45) is 8.51. The van der Waals surface area contributed by atoms with Gasteiger partial charge in [0.15, 0.2) is 5.65 Å². The van der Waals surface area contributed by atoms with Crippen molar-refractivity contribution >= 4 is 11.6 Å². The van der Waals surface area contributed by atoms with Gasteiger partial charge in [-0.2, -0.15) is 0 Å². The van der Waals surface area contributed by atoms with Crippen molar-refractivity contribution in [1.29, 1.82) is 0 Å². The molecule has 0 amide bonds. The Morgan fingerprint density at radius 2 is 1.95 bits per heavy atom. The van der Waals surface area contributed by atoms with Gasteiger partial charge < -0.3 is 9.51 Å². The minimum Gasteiger partial charge on any atom is -0.478 e. The SMILES string of the molecule is O=C(O)c1cccn2cc(-c3ccc4c(c3)CCCC4)nc12. The summed E-state index contributed by atoms with van der Waals surface area (Å²) in [5.74, 6) is -0.951. The van der Waals surface area contributed by atoms with Crippen molar-refractivity contribution in [3.63, 3.8) is 0 Å². The molecule has 110 valence electrons. The number of carboxylic acids is 1. The van der Waals surface area contributed by atoms with E-state index in [0.29, 0.717) is 5.65 Å². The van der Waals surface area contributed by atoms with Crippen molar-refractivity contribution in [1.82, 2.24) is 9.38 Å². The van der Waals surface area contributed by atoms with Gasteiger partial charge in [0.25, 0.3) is 0 Å². The molecule has 1 aromatic carbocycles. The van der Waals surface area contributed by atoms with Crippen LogP contribution in [0.3, 0.4) is 0 Å². The number of fused-ring (bicyclic) bond motifs is 2. The molecule has 0 radical (unpaired) electrons. The molecule has 1 aliphatic rings. The van der Waals surface area contributed by atoms with E-state index >= 15 is 0 Å². The zero-order valence-corrected chi connectivity index (χ0v) is 12.1. The minimum atomic E-state index is -0.951. The van der Waals surface area contributed by atoms with Crippen LogP contribution >= 0.6 is 0 Å². The van der Waals surface area contributed by atoms with Crippen molar-refractivity contribution in [3.05, 3.63) is 59.4 Å². The first kappa shape index (κ1) is 13.1. The number of carbonyl (C=O) groups is 1. The third-order valence-corrected chi connectivity index (χ3v) is 4.36. The smallest absolute Gasteiger partial charge is 0.339 e. The predicted octanol–water partition coefficient (Wildman–Crippen LogP) is 3.58. The fourth-order valence-corrected chi connectivity index (χ4v) is 3.21.